The van der Waals surface area contributed by atoms with Crippen LogP contribution in [-0.4, -0.2) is 47.8 Å². The number of piperidine rings is 1. The minimum absolute atomic E-state index is 0.141. The highest BCUT2D eigenvalue weighted by molar-refractivity contribution is 5.93. The molecule has 2 rings (SSSR count). The van der Waals surface area contributed by atoms with E-state index in [1.54, 1.807) is 0 Å². The van der Waals surface area contributed by atoms with Crippen LogP contribution in [0.3, 0.4) is 0 Å². The number of likely N-dealkylation sites (tertiary alicyclic amines) is 1. The van der Waals surface area contributed by atoms with Crippen LogP contribution in [0.1, 0.15) is 24.0 Å². The van der Waals surface area contributed by atoms with Crippen LogP contribution in [0.15, 0.2) is 18.2 Å². The Morgan fingerprint density at radius 2 is 1.96 bits per heavy atom. The second-order valence-electron chi connectivity index (χ2n) is 6.47. The number of nitrogens with one attached hydrogen (secondary N) is 1. The molecule has 0 bridgehead atoms. The highest BCUT2D eigenvalue weighted by atomic mass is 19.4. The summed E-state index contributed by atoms with van der Waals surface area (Å²) in [6, 6.07) is 5.77. The summed E-state index contributed by atoms with van der Waals surface area (Å²) in [4.78, 5) is 14.0. The van der Waals surface area contributed by atoms with Gasteiger partial charge in [0.15, 0.2) is 6.10 Å². The number of anilines is 1. The molecule has 1 aromatic carbocycles. The molecule has 1 aliphatic heterocycles. The first-order chi connectivity index (χ1) is 11.2. The van der Waals surface area contributed by atoms with Gasteiger partial charge in [0.2, 0.25) is 5.91 Å². The first-order valence-corrected chi connectivity index (χ1v) is 8.01. The molecule has 1 atom stereocenters. The molecule has 0 saturated carbocycles. The molecule has 1 heterocycles. The number of carbonyl (C=O) groups excluding carboxylic acids is 1. The van der Waals surface area contributed by atoms with Gasteiger partial charge < -0.3 is 10.4 Å². The normalized spacial score (nSPS) is 18.4. The molecule has 0 aliphatic carbocycles. The van der Waals surface area contributed by atoms with Gasteiger partial charge in [-0.05, 0) is 62.9 Å². The van der Waals surface area contributed by atoms with Crippen molar-refractivity contribution in [2.24, 2.45) is 5.92 Å². The molecule has 7 heteroatoms. The van der Waals surface area contributed by atoms with Crippen LogP contribution in [-0.2, 0) is 4.79 Å². The third-order valence-electron chi connectivity index (χ3n) is 4.45. The molecule has 1 fully saturated rings. The van der Waals surface area contributed by atoms with Crippen molar-refractivity contribution in [3.63, 3.8) is 0 Å². The van der Waals surface area contributed by atoms with Crippen LogP contribution < -0.4 is 5.32 Å². The fraction of sp³-hybridized carbons (Fsp3) is 0.588. The number of carbonyl (C=O) groups is 1. The van der Waals surface area contributed by atoms with Crippen molar-refractivity contribution in [1.82, 2.24) is 4.90 Å². The van der Waals surface area contributed by atoms with Gasteiger partial charge in [-0.3, -0.25) is 9.69 Å². The molecular formula is C17H23F3N2O2. The van der Waals surface area contributed by atoms with E-state index in [4.69, 9.17) is 0 Å². The summed E-state index contributed by atoms with van der Waals surface area (Å²) in [6.07, 6.45) is -6.38. The topological polar surface area (TPSA) is 52.6 Å². The molecule has 134 valence electrons. The van der Waals surface area contributed by atoms with E-state index in [-0.39, 0.29) is 25.3 Å². The molecule has 0 spiro atoms. The largest absolute Gasteiger partial charge is 0.414 e. The molecule has 1 unspecified atom stereocenters. The smallest absolute Gasteiger partial charge is 0.383 e. The molecule has 0 aromatic heterocycles. The van der Waals surface area contributed by atoms with Gasteiger partial charge in [0.25, 0.3) is 0 Å². The van der Waals surface area contributed by atoms with Gasteiger partial charge in [0.05, 0.1) is 6.54 Å². The van der Waals surface area contributed by atoms with Gasteiger partial charge >= 0.3 is 6.18 Å². The predicted molar refractivity (Wildman–Crippen MR) is 85.8 cm³/mol. The zero-order valence-corrected chi connectivity index (χ0v) is 13.9. The quantitative estimate of drug-likeness (QED) is 0.883. The summed E-state index contributed by atoms with van der Waals surface area (Å²) >= 11 is 0. The van der Waals surface area contributed by atoms with Crippen LogP contribution in [0, 0.1) is 19.8 Å². The Balaban J connectivity index is 1.83. The van der Waals surface area contributed by atoms with Gasteiger partial charge in [-0.1, -0.05) is 12.1 Å². The Kier molecular flexibility index (Phi) is 5.87. The zero-order valence-electron chi connectivity index (χ0n) is 13.9. The molecule has 1 aromatic rings. The van der Waals surface area contributed by atoms with Crippen LogP contribution in [0.2, 0.25) is 0 Å². The maximum atomic E-state index is 12.5. The number of alkyl halides is 3. The number of aliphatic hydroxyl groups excluding tert-OH is 1. The summed E-state index contributed by atoms with van der Waals surface area (Å²) in [5.41, 5.74) is 2.75. The third-order valence-corrected chi connectivity index (χ3v) is 4.45. The lowest BCUT2D eigenvalue weighted by Crippen LogP contribution is -2.45. The Morgan fingerprint density at radius 1 is 1.33 bits per heavy atom. The number of halogens is 3. The van der Waals surface area contributed by atoms with Crippen molar-refractivity contribution in [3.8, 4) is 0 Å². The van der Waals surface area contributed by atoms with E-state index >= 15 is 0 Å². The minimum Gasteiger partial charge on any atom is -0.383 e. The van der Waals surface area contributed by atoms with Gasteiger partial charge in [0, 0.05) is 5.69 Å². The molecule has 24 heavy (non-hydrogen) atoms. The van der Waals surface area contributed by atoms with Crippen molar-refractivity contribution in [2.45, 2.75) is 39.0 Å². The van der Waals surface area contributed by atoms with Gasteiger partial charge in [0.1, 0.15) is 0 Å². The summed E-state index contributed by atoms with van der Waals surface area (Å²) in [5, 5.41) is 12.2. The molecule has 2 N–H and O–H groups in total. The second kappa shape index (κ2) is 7.53. The first-order valence-electron chi connectivity index (χ1n) is 8.01. The van der Waals surface area contributed by atoms with Gasteiger partial charge in [-0.15, -0.1) is 0 Å². The number of hydrogen-bond acceptors (Lipinski definition) is 3. The van der Waals surface area contributed by atoms with E-state index in [2.05, 4.69) is 5.32 Å². The Bertz CT molecular complexity index is 582. The zero-order chi connectivity index (χ0) is 17.9. The number of hydrogen-bond donors (Lipinski definition) is 2. The van der Waals surface area contributed by atoms with E-state index in [9.17, 15) is 23.1 Å². The lowest BCUT2D eigenvalue weighted by atomic mass is 9.91. The van der Waals surface area contributed by atoms with Crippen LogP contribution in [0.25, 0.3) is 0 Å². The number of nitrogens with zero attached hydrogens (tertiary/aromatic N) is 1. The van der Waals surface area contributed by atoms with Crippen LogP contribution in [0.5, 0.6) is 0 Å². The van der Waals surface area contributed by atoms with Crippen LogP contribution in [0.4, 0.5) is 18.9 Å². The second-order valence-corrected chi connectivity index (χ2v) is 6.47. The van der Waals surface area contributed by atoms with Gasteiger partial charge in [-0.2, -0.15) is 13.2 Å². The Labute approximate surface area is 139 Å². The van der Waals surface area contributed by atoms with Crippen molar-refractivity contribution in [2.75, 3.05) is 25.0 Å². The highest BCUT2D eigenvalue weighted by Crippen LogP contribution is 2.31. The lowest BCUT2D eigenvalue weighted by molar-refractivity contribution is -0.223. The van der Waals surface area contributed by atoms with E-state index in [1.807, 2.05) is 36.9 Å². The standard InChI is InChI=1S/C17H23F3N2O2/c1-11-3-4-12(2)14(9-11)21-15(23)10-22-7-5-13(6-8-22)16(24)17(18,19)20/h3-4,9,13,16,24H,5-8,10H2,1-2H3,(H,21,23). The maximum absolute atomic E-state index is 12.5. The number of aryl methyl sites for hydroxylation is 2. The average Bonchev–Trinajstić information content (AvgIpc) is 2.50. The summed E-state index contributed by atoms with van der Waals surface area (Å²) in [5.74, 6) is -0.971. The molecule has 0 radical (unpaired) electrons. The summed E-state index contributed by atoms with van der Waals surface area (Å²) < 4.78 is 37.6. The first kappa shape index (κ1) is 18.7. The highest BCUT2D eigenvalue weighted by Gasteiger charge is 2.44. The van der Waals surface area contributed by atoms with Crippen molar-refractivity contribution in [1.29, 1.82) is 0 Å². The predicted octanol–water partition coefficient (Wildman–Crippen LogP) is 2.88. The Morgan fingerprint density at radius 3 is 2.54 bits per heavy atom. The van der Waals surface area contributed by atoms with E-state index < -0.39 is 18.2 Å². The lowest BCUT2D eigenvalue weighted by Gasteiger charge is -2.34. The molecule has 1 aliphatic rings. The van der Waals surface area contributed by atoms with E-state index in [0.717, 1.165) is 16.8 Å². The number of rotatable bonds is 4. The fourth-order valence-electron chi connectivity index (χ4n) is 2.96. The van der Waals surface area contributed by atoms with E-state index in [0.29, 0.717) is 13.1 Å². The number of amides is 1. The van der Waals surface area contributed by atoms with E-state index in [1.165, 1.54) is 0 Å². The number of benzene rings is 1. The maximum Gasteiger partial charge on any atom is 0.414 e. The Hall–Kier alpha value is -1.60. The SMILES string of the molecule is Cc1ccc(C)c(NC(=O)CN2CCC(C(O)C(F)(F)F)CC2)c1. The van der Waals surface area contributed by atoms with Crippen molar-refractivity contribution < 1.29 is 23.1 Å². The molecule has 1 saturated heterocycles. The van der Waals surface area contributed by atoms with Crippen LogP contribution >= 0.6 is 0 Å². The average molecular weight is 344 g/mol. The minimum atomic E-state index is -4.58. The molecule has 4 nitrogen and oxygen atoms in total. The summed E-state index contributed by atoms with van der Waals surface area (Å²) in [6.45, 7) is 4.73. The molecular weight excluding hydrogens is 321 g/mol. The van der Waals surface area contributed by atoms with Gasteiger partial charge in [-0.25, -0.2) is 0 Å². The number of aliphatic hydroxyl groups is 1. The summed E-state index contributed by atoms with van der Waals surface area (Å²) in [7, 11) is 0. The van der Waals surface area contributed by atoms with Crippen molar-refractivity contribution in [3.05, 3.63) is 29.3 Å². The van der Waals surface area contributed by atoms with Crippen molar-refractivity contribution >= 4 is 11.6 Å². The molecule has 1 amide bonds. The monoisotopic (exact) mass is 344 g/mol. The fourth-order valence-corrected chi connectivity index (χ4v) is 2.96. The third kappa shape index (κ3) is 4.95.